The van der Waals surface area contributed by atoms with Gasteiger partial charge in [0.05, 0.1) is 11.1 Å². The van der Waals surface area contributed by atoms with Crippen molar-refractivity contribution in [2.24, 2.45) is 0 Å². The number of hydrogen-bond acceptors (Lipinski definition) is 5. The highest BCUT2D eigenvalue weighted by Gasteiger charge is 2.28. The number of aryl methyl sites for hydroxylation is 1. The third-order valence-electron chi connectivity index (χ3n) is 5.15. The van der Waals surface area contributed by atoms with Crippen LogP contribution in [0, 0.1) is 6.92 Å². The number of carbonyl (C=O) groups excluding carboxylic acids is 1. The number of aromatic nitrogens is 2. The first-order chi connectivity index (χ1) is 16.0. The molecule has 0 aliphatic heterocycles. The molecule has 5 rings (SSSR count). The number of nitrogen functional groups attached to an aromatic ring is 1. The van der Waals surface area contributed by atoms with Crippen molar-refractivity contribution in [1.82, 2.24) is 10.2 Å². The summed E-state index contributed by atoms with van der Waals surface area (Å²) in [6, 6.07) is 18.1. The van der Waals surface area contributed by atoms with Gasteiger partial charge in [-0.3, -0.25) is 9.89 Å². The van der Waals surface area contributed by atoms with Crippen molar-refractivity contribution in [3.05, 3.63) is 77.4 Å². The number of aromatic amines is 1. The molecule has 34 heavy (non-hydrogen) atoms. The number of aliphatic hydroxyl groups excluding tert-OH is 1. The highest BCUT2D eigenvalue weighted by atomic mass is 16.3. The molecule has 0 bridgehead atoms. The minimum absolute atomic E-state index is 0. The number of anilines is 1. The molecule has 1 aromatic heterocycles. The average molecular weight is 464 g/mol. The molecule has 0 amide bonds. The van der Waals surface area contributed by atoms with E-state index >= 15 is 0 Å². The zero-order valence-corrected chi connectivity index (χ0v) is 19.7. The number of H-pyrrole nitrogens is 1. The van der Waals surface area contributed by atoms with Crippen molar-refractivity contribution < 1.29 is 15.0 Å². The smallest absolute Gasteiger partial charge is 0.196 e. The number of phenols is 1. The van der Waals surface area contributed by atoms with Crippen LogP contribution in [0.3, 0.4) is 0 Å². The Hall–Kier alpha value is -3.64. The molecule has 6 heteroatoms. The number of nitrogens with two attached hydrogens (primary N) is 1. The molecule has 0 saturated heterocycles. The van der Waals surface area contributed by atoms with Crippen LogP contribution in [0.1, 0.15) is 62.0 Å². The van der Waals surface area contributed by atoms with Crippen LogP contribution in [0.4, 0.5) is 5.69 Å². The van der Waals surface area contributed by atoms with Gasteiger partial charge in [0, 0.05) is 29.3 Å². The number of aliphatic hydroxyl groups is 1. The van der Waals surface area contributed by atoms with Crippen LogP contribution in [0.5, 0.6) is 5.75 Å². The second-order valence-corrected chi connectivity index (χ2v) is 7.59. The predicted molar refractivity (Wildman–Crippen MR) is 142 cm³/mol. The normalized spacial score (nSPS) is 10.3. The van der Waals surface area contributed by atoms with Gasteiger partial charge in [-0.15, -0.1) is 0 Å². The molecule has 3 aromatic carbocycles. The third-order valence-corrected chi connectivity index (χ3v) is 5.15. The Morgan fingerprint density at radius 3 is 2.06 bits per heavy atom. The van der Waals surface area contributed by atoms with Gasteiger partial charge in [0.2, 0.25) is 0 Å². The van der Waals surface area contributed by atoms with E-state index in [1.165, 1.54) is 24.8 Å². The Bertz CT molecular complexity index is 1160. The molecule has 0 fully saturated rings. The molecule has 5 N–H and O–H groups in total. The maximum Gasteiger partial charge on any atom is 0.196 e. The summed E-state index contributed by atoms with van der Waals surface area (Å²) < 4.78 is 0. The predicted octanol–water partition coefficient (Wildman–Crippen LogP) is 6.50. The summed E-state index contributed by atoms with van der Waals surface area (Å²) in [5.74, 6) is 0.304. The summed E-state index contributed by atoms with van der Waals surface area (Å²) in [6.07, 6.45) is 4.08. The molecule has 0 spiro atoms. The summed E-state index contributed by atoms with van der Waals surface area (Å²) in [7, 11) is 1.00. The summed E-state index contributed by atoms with van der Waals surface area (Å²) in [6.45, 7) is 6.41. The third kappa shape index (κ3) is 6.45. The molecule has 1 aliphatic rings. The van der Waals surface area contributed by atoms with Crippen LogP contribution >= 0.6 is 0 Å². The molecule has 6 nitrogen and oxygen atoms in total. The monoisotopic (exact) mass is 463 g/mol. The summed E-state index contributed by atoms with van der Waals surface area (Å²) in [4.78, 5) is 12.5. The Morgan fingerprint density at radius 2 is 1.50 bits per heavy atom. The number of phenolic OH excluding ortho intramolecular Hbond substituents is 1. The van der Waals surface area contributed by atoms with E-state index in [2.05, 4.69) is 24.0 Å². The summed E-state index contributed by atoms with van der Waals surface area (Å²) in [5, 5.41) is 23.9. The number of nitrogens with zero attached hydrogens (tertiary/aromatic N) is 1. The van der Waals surface area contributed by atoms with Gasteiger partial charge in [-0.25, -0.2) is 0 Å². The van der Waals surface area contributed by atoms with Gasteiger partial charge in [-0.2, -0.15) is 5.10 Å². The zero-order chi connectivity index (χ0) is 24.4. The first-order valence-corrected chi connectivity index (χ1v) is 11.1. The molecule has 1 aliphatic carbocycles. The molecular formula is C28H37N3O3. The first-order valence-electron chi connectivity index (χ1n) is 11.1. The lowest BCUT2D eigenvalue weighted by molar-refractivity contribution is 0.104. The largest absolute Gasteiger partial charge is 0.508 e. The SMILES string of the molecule is C.CCCCC.CO.Cc1ccc(O)cc1.Nc1cccc2c1C(=O)c1cccc3[nH]nc-2c13. The van der Waals surface area contributed by atoms with E-state index in [1.54, 1.807) is 18.2 Å². The average Bonchev–Trinajstić information content (AvgIpc) is 3.27. The fourth-order valence-corrected chi connectivity index (χ4v) is 3.51. The van der Waals surface area contributed by atoms with E-state index in [0.29, 0.717) is 22.6 Å². The Kier molecular flexibility index (Phi) is 11.5. The second-order valence-electron chi connectivity index (χ2n) is 7.59. The van der Waals surface area contributed by atoms with Gasteiger partial charge in [-0.1, -0.05) is 82.5 Å². The van der Waals surface area contributed by atoms with Crippen molar-refractivity contribution in [1.29, 1.82) is 0 Å². The quantitative estimate of drug-likeness (QED) is 0.223. The van der Waals surface area contributed by atoms with Crippen LogP contribution < -0.4 is 5.73 Å². The maximum absolute atomic E-state index is 12.5. The van der Waals surface area contributed by atoms with Gasteiger partial charge >= 0.3 is 0 Å². The number of ketones is 1. The summed E-state index contributed by atoms with van der Waals surface area (Å²) in [5.41, 5.74) is 11.3. The standard InChI is InChI=1S/C14H9N3O.C7H8O.C5H12.CH4O.CH4/c15-9-5-1-3-7-11(9)14(18)8-4-2-6-10-12(8)13(7)17-16-10;1-6-2-4-7(8)5-3-6;1-3-5-4-2;1-2;/h1-6H,15H2,(H,16,17);2-5,8H,1H3;3-5H2,1-2H3;2H,1H3;1H4. The fourth-order valence-electron chi connectivity index (χ4n) is 3.51. The van der Waals surface area contributed by atoms with Crippen LogP contribution in [0.2, 0.25) is 0 Å². The van der Waals surface area contributed by atoms with Gasteiger partial charge < -0.3 is 15.9 Å². The van der Waals surface area contributed by atoms with E-state index in [9.17, 15) is 4.79 Å². The van der Waals surface area contributed by atoms with Crippen molar-refractivity contribution in [3.8, 4) is 17.0 Å². The van der Waals surface area contributed by atoms with Crippen molar-refractivity contribution in [2.45, 2.75) is 47.5 Å². The molecule has 0 atom stereocenters. The van der Waals surface area contributed by atoms with Gasteiger partial charge in [-0.05, 0) is 31.2 Å². The number of nitrogens with one attached hydrogen (secondary N) is 1. The highest BCUT2D eigenvalue weighted by molar-refractivity contribution is 6.26. The van der Waals surface area contributed by atoms with Gasteiger partial charge in [0.25, 0.3) is 0 Å². The minimum Gasteiger partial charge on any atom is -0.508 e. The lowest BCUT2D eigenvalue weighted by atomic mass is 9.86. The molecule has 182 valence electrons. The van der Waals surface area contributed by atoms with Crippen molar-refractivity contribution in [2.75, 3.05) is 12.8 Å². The molecule has 4 aromatic rings. The lowest BCUT2D eigenvalue weighted by Gasteiger charge is -2.16. The number of hydrogen-bond donors (Lipinski definition) is 4. The van der Waals surface area contributed by atoms with E-state index in [1.807, 2.05) is 49.4 Å². The molecular weight excluding hydrogens is 426 g/mol. The minimum atomic E-state index is -0.0254. The van der Waals surface area contributed by atoms with Gasteiger partial charge in [0.1, 0.15) is 11.4 Å². The Balaban J connectivity index is 0.000000304. The van der Waals surface area contributed by atoms with E-state index in [-0.39, 0.29) is 13.2 Å². The van der Waals surface area contributed by atoms with Crippen LogP contribution in [0.15, 0.2) is 60.7 Å². The molecule has 0 saturated carbocycles. The van der Waals surface area contributed by atoms with E-state index < -0.39 is 0 Å². The van der Waals surface area contributed by atoms with E-state index in [4.69, 9.17) is 15.9 Å². The number of aromatic hydroxyl groups is 1. The molecule has 0 unspecified atom stereocenters. The van der Waals surface area contributed by atoms with Crippen molar-refractivity contribution in [3.63, 3.8) is 0 Å². The first kappa shape index (κ1) is 28.4. The number of rotatable bonds is 2. The topological polar surface area (TPSA) is 112 Å². The second kappa shape index (κ2) is 13.8. The van der Waals surface area contributed by atoms with Crippen molar-refractivity contribution >= 4 is 22.4 Å². The molecule has 0 radical (unpaired) electrons. The van der Waals surface area contributed by atoms with Gasteiger partial charge in [0.15, 0.2) is 5.78 Å². The maximum atomic E-state index is 12.5. The van der Waals surface area contributed by atoms with Crippen LogP contribution in [-0.2, 0) is 0 Å². The Labute approximate surface area is 202 Å². The van der Waals surface area contributed by atoms with Crippen LogP contribution in [-0.4, -0.2) is 33.3 Å². The highest BCUT2D eigenvalue weighted by Crippen LogP contribution is 2.39. The lowest BCUT2D eigenvalue weighted by Crippen LogP contribution is -2.11. The zero-order valence-electron chi connectivity index (χ0n) is 19.7. The Morgan fingerprint density at radius 1 is 0.912 bits per heavy atom. The summed E-state index contributed by atoms with van der Waals surface area (Å²) >= 11 is 0. The number of carbonyl (C=O) groups is 1. The fraction of sp³-hybridized carbons (Fsp3) is 0.286. The number of unbranched alkanes of at least 4 members (excludes halogenated alkanes) is 2. The number of fused-ring (bicyclic) bond motifs is 2. The van der Waals surface area contributed by atoms with E-state index in [0.717, 1.165) is 29.3 Å². The number of benzene rings is 3. The molecule has 1 heterocycles. The van der Waals surface area contributed by atoms with Crippen LogP contribution in [0.25, 0.3) is 22.2 Å².